The maximum atomic E-state index is 13.8. The number of nitrogens with zero attached hydrogens (tertiary/aromatic N) is 6. The number of hydrogen-bond acceptors (Lipinski definition) is 8. The van der Waals surface area contributed by atoms with Gasteiger partial charge in [0, 0.05) is 37.8 Å². The van der Waals surface area contributed by atoms with Crippen LogP contribution in [0.3, 0.4) is 0 Å². The molecule has 0 saturated carbocycles. The molecule has 4 aromatic rings. The number of terminal acetylenes is 1. The normalized spacial score (nSPS) is 14.4. The van der Waals surface area contributed by atoms with Gasteiger partial charge in [0.15, 0.2) is 5.69 Å². The smallest absolute Gasteiger partial charge is 0.359 e. The third kappa shape index (κ3) is 5.04. The minimum Gasteiger partial charge on any atom is -0.507 e. The molecule has 0 aliphatic carbocycles. The van der Waals surface area contributed by atoms with E-state index in [1.54, 1.807) is 17.0 Å². The van der Waals surface area contributed by atoms with Crippen molar-refractivity contribution < 1.29 is 18.8 Å². The maximum Gasteiger partial charge on any atom is 0.359 e. The minimum absolute atomic E-state index is 0.0111. The summed E-state index contributed by atoms with van der Waals surface area (Å²) < 4.78 is 28.6. The average molecular weight is 557 g/mol. The van der Waals surface area contributed by atoms with E-state index in [-0.39, 0.29) is 47.8 Å². The van der Waals surface area contributed by atoms with Crippen LogP contribution in [0.15, 0.2) is 59.4 Å². The van der Waals surface area contributed by atoms with Crippen LogP contribution in [0.2, 0.25) is 0 Å². The number of phenolic OH excluding ortho intramolecular Hbond substituents is 1. The number of nitro groups is 1. The van der Waals surface area contributed by atoms with Crippen LogP contribution in [-0.4, -0.2) is 50.7 Å². The lowest BCUT2D eigenvalue weighted by Gasteiger charge is -2.40. The summed E-state index contributed by atoms with van der Waals surface area (Å²) in [6.07, 6.45) is 5.42. The van der Waals surface area contributed by atoms with E-state index in [1.807, 2.05) is 11.0 Å². The van der Waals surface area contributed by atoms with Crippen molar-refractivity contribution in [2.45, 2.75) is 12.6 Å². The lowest BCUT2D eigenvalue weighted by atomic mass is 9.95. The fourth-order valence-electron chi connectivity index (χ4n) is 5.25. The van der Waals surface area contributed by atoms with Crippen molar-refractivity contribution in [3.8, 4) is 24.2 Å². The third-order valence-corrected chi connectivity index (χ3v) is 7.08. The van der Waals surface area contributed by atoms with E-state index in [9.17, 15) is 34.1 Å². The largest absolute Gasteiger partial charge is 0.507 e. The molecular weight excluding hydrogens is 534 g/mol. The van der Waals surface area contributed by atoms with Gasteiger partial charge in [0.1, 0.15) is 34.7 Å². The number of aromatic nitrogens is 2. The quantitative estimate of drug-likeness (QED) is 0.216. The van der Waals surface area contributed by atoms with Crippen LogP contribution in [0.25, 0.3) is 11.0 Å². The van der Waals surface area contributed by atoms with Gasteiger partial charge in [-0.3, -0.25) is 24.4 Å². The Morgan fingerprint density at radius 3 is 2.37 bits per heavy atom. The van der Waals surface area contributed by atoms with Gasteiger partial charge < -0.3 is 10.0 Å². The average Bonchev–Trinajstić information content (AvgIpc) is 2.96. The summed E-state index contributed by atoms with van der Waals surface area (Å²) in [5.41, 5.74) is -0.167. The summed E-state index contributed by atoms with van der Waals surface area (Å²) in [5.74, 6) is 1.01. The highest BCUT2D eigenvalue weighted by atomic mass is 19.1. The Labute approximate surface area is 232 Å². The third-order valence-electron chi connectivity index (χ3n) is 7.08. The molecule has 0 amide bonds. The van der Waals surface area contributed by atoms with Gasteiger partial charge in [-0.1, -0.05) is 24.1 Å². The predicted molar refractivity (Wildman–Crippen MR) is 146 cm³/mol. The second-order valence-electron chi connectivity index (χ2n) is 9.41. The number of anilines is 1. The molecule has 41 heavy (non-hydrogen) atoms. The number of phenols is 1. The van der Waals surface area contributed by atoms with Crippen LogP contribution >= 0.6 is 0 Å². The van der Waals surface area contributed by atoms with Crippen molar-refractivity contribution in [3.05, 3.63) is 104 Å². The monoisotopic (exact) mass is 556 g/mol. The topological polar surface area (TPSA) is 129 Å². The highest BCUT2D eigenvalue weighted by molar-refractivity contribution is 5.94. The van der Waals surface area contributed by atoms with Crippen LogP contribution in [0.5, 0.6) is 5.75 Å². The van der Waals surface area contributed by atoms with Crippen LogP contribution < -0.4 is 10.5 Å². The van der Waals surface area contributed by atoms with E-state index in [2.05, 4.69) is 10.9 Å². The number of rotatable bonds is 6. The van der Waals surface area contributed by atoms with Gasteiger partial charge in [-0.15, -0.1) is 6.42 Å². The van der Waals surface area contributed by atoms with E-state index >= 15 is 0 Å². The molecule has 12 heteroatoms. The number of aromatic hydroxyl groups is 1. The predicted octanol–water partition coefficient (Wildman–Crippen LogP) is 3.70. The highest BCUT2D eigenvalue weighted by Gasteiger charge is 2.34. The molecule has 0 bridgehead atoms. The van der Waals surface area contributed by atoms with Crippen molar-refractivity contribution in [2.24, 2.45) is 0 Å². The summed E-state index contributed by atoms with van der Waals surface area (Å²) in [6.45, 7) is 0.767. The van der Waals surface area contributed by atoms with Crippen LogP contribution in [-0.2, 0) is 6.54 Å². The van der Waals surface area contributed by atoms with E-state index in [0.29, 0.717) is 24.2 Å². The molecule has 5 rings (SSSR count). The van der Waals surface area contributed by atoms with Crippen molar-refractivity contribution in [3.63, 3.8) is 0 Å². The van der Waals surface area contributed by atoms with Gasteiger partial charge in [0.2, 0.25) is 0 Å². The molecule has 10 nitrogen and oxygen atoms in total. The van der Waals surface area contributed by atoms with E-state index in [1.165, 1.54) is 36.4 Å². The first-order valence-corrected chi connectivity index (χ1v) is 12.5. The second kappa shape index (κ2) is 11.0. The zero-order chi connectivity index (χ0) is 29.3. The highest BCUT2D eigenvalue weighted by Crippen LogP contribution is 2.38. The molecule has 1 atom stereocenters. The first-order chi connectivity index (χ1) is 19.7. The van der Waals surface area contributed by atoms with E-state index in [4.69, 9.17) is 6.42 Å². The van der Waals surface area contributed by atoms with Gasteiger partial charge >= 0.3 is 11.2 Å². The van der Waals surface area contributed by atoms with E-state index in [0.717, 1.165) is 10.6 Å². The Morgan fingerprint density at radius 1 is 1.07 bits per heavy atom. The summed E-state index contributed by atoms with van der Waals surface area (Å²) in [5, 5.41) is 32.2. The summed E-state index contributed by atoms with van der Waals surface area (Å²) in [4.78, 5) is 32.7. The Kier molecular flexibility index (Phi) is 7.34. The summed E-state index contributed by atoms with van der Waals surface area (Å²) in [7, 11) is 0. The zero-order valence-corrected chi connectivity index (χ0v) is 21.5. The molecule has 0 unspecified atom stereocenters. The number of nitriles is 1. The standard InChI is InChI=1S/C29H22F2N6O4/c1-2-11-36-23-10-8-21(17-32)33-25(23)27(28(29(36)39)37(40)41)35-14-12-34(13-15-35)26(18-3-5-19(30)6-4-18)22-9-7-20(31)16-24(22)38/h1,3-10,16,26,38H,11-15H2/t26-/m1/s1. The van der Waals surface area contributed by atoms with Gasteiger partial charge in [-0.2, -0.15) is 5.26 Å². The van der Waals surface area contributed by atoms with Gasteiger partial charge in [-0.05, 0) is 35.9 Å². The van der Waals surface area contributed by atoms with Gasteiger partial charge in [0.05, 0.1) is 23.0 Å². The van der Waals surface area contributed by atoms with Crippen molar-refractivity contribution in [2.75, 3.05) is 31.1 Å². The first-order valence-electron chi connectivity index (χ1n) is 12.5. The van der Waals surface area contributed by atoms with Crippen LogP contribution in [0.1, 0.15) is 22.9 Å². The second-order valence-corrected chi connectivity index (χ2v) is 9.41. The number of halogens is 2. The van der Waals surface area contributed by atoms with Gasteiger partial charge in [-0.25, -0.2) is 13.8 Å². The molecule has 2 aromatic carbocycles. The molecule has 1 N–H and O–H groups in total. The van der Waals surface area contributed by atoms with Gasteiger partial charge in [0.25, 0.3) is 0 Å². The number of pyridine rings is 2. The maximum absolute atomic E-state index is 13.8. The summed E-state index contributed by atoms with van der Waals surface area (Å²) >= 11 is 0. The Morgan fingerprint density at radius 2 is 1.76 bits per heavy atom. The molecule has 1 saturated heterocycles. The molecule has 1 fully saturated rings. The Bertz CT molecular complexity index is 1800. The molecule has 2 aromatic heterocycles. The van der Waals surface area contributed by atoms with Crippen molar-refractivity contribution in [1.82, 2.24) is 14.5 Å². The Hall–Kier alpha value is -5.33. The number of fused-ring (bicyclic) bond motifs is 1. The minimum atomic E-state index is -0.884. The molecule has 1 aliphatic rings. The van der Waals surface area contributed by atoms with Crippen LogP contribution in [0.4, 0.5) is 20.2 Å². The fourth-order valence-corrected chi connectivity index (χ4v) is 5.25. The molecule has 1 aliphatic heterocycles. The number of benzene rings is 2. The fraction of sp³-hybridized carbons (Fsp3) is 0.207. The molecule has 3 heterocycles. The SMILES string of the molecule is C#CCn1c(=O)c([N+](=O)[O-])c(N2CCN([C@H](c3ccc(F)cc3)c3ccc(F)cc3O)CC2)c2nc(C#N)ccc21. The lowest BCUT2D eigenvalue weighted by molar-refractivity contribution is -0.385. The van der Waals surface area contributed by atoms with E-state index < -0.39 is 33.8 Å². The number of piperazine rings is 1. The summed E-state index contributed by atoms with van der Waals surface area (Å²) in [6, 6.07) is 13.7. The van der Waals surface area contributed by atoms with Crippen LogP contribution in [0, 0.1) is 45.4 Å². The molecule has 0 spiro atoms. The van der Waals surface area contributed by atoms with Crippen molar-refractivity contribution >= 4 is 22.4 Å². The van der Waals surface area contributed by atoms with Crippen molar-refractivity contribution in [1.29, 1.82) is 5.26 Å². The lowest BCUT2D eigenvalue weighted by Crippen LogP contribution is -2.48. The molecule has 206 valence electrons. The zero-order valence-electron chi connectivity index (χ0n) is 21.5. The first kappa shape index (κ1) is 27.2. The molecular formula is C29H22F2N6O4. The number of hydrogen-bond donors (Lipinski definition) is 1. The molecule has 0 radical (unpaired) electrons. The Balaban J connectivity index is 1.58.